The van der Waals surface area contributed by atoms with Gasteiger partial charge in [-0.1, -0.05) is 41.5 Å². The Kier molecular flexibility index (Phi) is 7.83. The highest BCUT2D eigenvalue weighted by molar-refractivity contribution is 7.92. The van der Waals surface area contributed by atoms with Crippen LogP contribution < -0.4 is 4.31 Å². The fourth-order valence-electron chi connectivity index (χ4n) is 4.17. The van der Waals surface area contributed by atoms with E-state index < -0.39 is 10.0 Å². The van der Waals surface area contributed by atoms with Crippen molar-refractivity contribution in [3.05, 3.63) is 89.7 Å². The molecular weight excluding hydrogens is 460 g/mol. The second kappa shape index (κ2) is 11.0. The second-order valence-electron chi connectivity index (χ2n) is 8.95. The second-order valence-corrected chi connectivity index (χ2v) is 10.8. The third-order valence-corrected chi connectivity index (χ3v) is 8.14. The molecule has 2 heterocycles. The van der Waals surface area contributed by atoms with Crippen LogP contribution in [-0.4, -0.2) is 61.8 Å². The lowest BCUT2D eigenvalue weighted by molar-refractivity contribution is -0.132. The SMILES string of the molecule is Cc1ccc(N(CCC(=O)N2CCN(Cc3ccccn3)CC2)S(=O)(=O)c2ccc(C)cc2)cc1. The molecule has 7 nitrogen and oxygen atoms in total. The number of anilines is 1. The Morgan fingerprint density at radius 2 is 1.51 bits per heavy atom. The predicted molar refractivity (Wildman–Crippen MR) is 138 cm³/mol. The number of hydrogen-bond donors (Lipinski definition) is 0. The van der Waals surface area contributed by atoms with Gasteiger partial charge in [-0.05, 0) is 50.2 Å². The summed E-state index contributed by atoms with van der Waals surface area (Å²) in [6.07, 6.45) is 1.92. The molecule has 0 N–H and O–H groups in total. The first kappa shape index (κ1) is 24.9. The normalized spacial score (nSPS) is 14.6. The number of nitrogens with zero attached hydrogens (tertiary/aromatic N) is 4. The van der Waals surface area contributed by atoms with Gasteiger partial charge in [0.15, 0.2) is 0 Å². The fraction of sp³-hybridized carbons (Fsp3) is 0.333. The summed E-state index contributed by atoms with van der Waals surface area (Å²) in [5.74, 6) is -0.0290. The first-order valence-electron chi connectivity index (χ1n) is 11.9. The maximum absolute atomic E-state index is 13.5. The van der Waals surface area contributed by atoms with Crippen molar-refractivity contribution >= 4 is 21.6 Å². The van der Waals surface area contributed by atoms with Crippen molar-refractivity contribution in [1.82, 2.24) is 14.8 Å². The molecule has 0 spiro atoms. The van der Waals surface area contributed by atoms with Gasteiger partial charge in [-0.2, -0.15) is 0 Å². The molecule has 1 aromatic heterocycles. The molecule has 1 aliphatic heterocycles. The molecule has 0 saturated carbocycles. The zero-order valence-corrected chi connectivity index (χ0v) is 21.1. The van der Waals surface area contributed by atoms with E-state index in [0.29, 0.717) is 18.8 Å². The van der Waals surface area contributed by atoms with E-state index in [4.69, 9.17) is 0 Å². The Labute approximate surface area is 208 Å². The third-order valence-electron chi connectivity index (χ3n) is 6.30. The van der Waals surface area contributed by atoms with E-state index in [1.807, 2.05) is 49.1 Å². The molecule has 0 unspecified atom stereocenters. The Hall–Kier alpha value is -3.23. The van der Waals surface area contributed by atoms with Crippen LogP contribution in [0.25, 0.3) is 0 Å². The number of pyridine rings is 1. The molecule has 3 aromatic rings. The van der Waals surface area contributed by atoms with Crippen LogP contribution in [0.4, 0.5) is 5.69 Å². The van der Waals surface area contributed by atoms with E-state index in [9.17, 15) is 13.2 Å². The minimum atomic E-state index is -3.81. The summed E-state index contributed by atoms with van der Waals surface area (Å²) in [6, 6.07) is 20.1. The molecule has 2 aromatic carbocycles. The van der Waals surface area contributed by atoms with Gasteiger partial charge in [0, 0.05) is 51.9 Å². The van der Waals surface area contributed by atoms with Gasteiger partial charge in [0.05, 0.1) is 16.3 Å². The lowest BCUT2D eigenvalue weighted by Gasteiger charge is -2.35. The van der Waals surface area contributed by atoms with Crippen LogP contribution >= 0.6 is 0 Å². The largest absolute Gasteiger partial charge is 0.340 e. The van der Waals surface area contributed by atoms with E-state index in [1.165, 1.54) is 4.31 Å². The fourth-order valence-corrected chi connectivity index (χ4v) is 5.63. The van der Waals surface area contributed by atoms with Crippen molar-refractivity contribution in [3.63, 3.8) is 0 Å². The Morgan fingerprint density at radius 1 is 0.886 bits per heavy atom. The Morgan fingerprint density at radius 3 is 2.11 bits per heavy atom. The summed E-state index contributed by atoms with van der Waals surface area (Å²) in [6.45, 7) is 7.52. The summed E-state index contributed by atoms with van der Waals surface area (Å²) in [7, 11) is -3.81. The van der Waals surface area contributed by atoms with Gasteiger partial charge >= 0.3 is 0 Å². The summed E-state index contributed by atoms with van der Waals surface area (Å²) < 4.78 is 28.4. The zero-order chi connectivity index (χ0) is 24.8. The van der Waals surface area contributed by atoms with Crippen LogP contribution in [0.1, 0.15) is 23.2 Å². The number of piperazine rings is 1. The molecule has 1 saturated heterocycles. The molecule has 0 radical (unpaired) electrons. The van der Waals surface area contributed by atoms with Crippen molar-refractivity contribution in [2.75, 3.05) is 37.0 Å². The molecule has 1 amide bonds. The highest BCUT2D eigenvalue weighted by Crippen LogP contribution is 2.25. The lowest BCUT2D eigenvalue weighted by atomic mass is 10.2. The average molecular weight is 493 g/mol. The number of carbonyl (C=O) groups is 1. The summed E-state index contributed by atoms with van der Waals surface area (Å²) in [5, 5.41) is 0. The monoisotopic (exact) mass is 492 g/mol. The van der Waals surface area contributed by atoms with Gasteiger partial charge < -0.3 is 4.90 Å². The molecule has 0 atom stereocenters. The van der Waals surface area contributed by atoms with Crippen molar-refractivity contribution < 1.29 is 13.2 Å². The van der Waals surface area contributed by atoms with Gasteiger partial charge in [-0.3, -0.25) is 19.0 Å². The lowest BCUT2D eigenvalue weighted by Crippen LogP contribution is -2.49. The van der Waals surface area contributed by atoms with Crippen LogP contribution in [0.15, 0.2) is 77.8 Å². The standard InChI is InChI=1S/C27H32N4O3S/c1-22-6-10-25(11-7-22)31(35(33,34)26-12-8-23(2)9-13-26)16-14-27(32)30-19-17-29(18-20-30)21-24-5-3-4-15-28-24/h3-13,15H,14,16-21H2,1-2H3. The maximum Gasteiger partial charge on any atom is 0.264 e. The predicted octanol–water partition coefficient (Wildman–Crippen LogP) is 3.63. The van der Waals surface area contributed by atoms with Gasteiger partial charge in [0.2, 0.25) is 5.91 Å². The highest BCUT2D eigenvalue weighted by Gasteiger charge is 2.27. The first-order chi connectivity index (χ1) is 16.8. The van der Waals surface area contributed by atoms with E-state index in [2.05, 4.69) is 9.88 Å². The van der Waals surface area contributed by atoms with Crippen molar-refractivity contribution in [2.24, 2.45) is 0 Å². The van der Waals surface area contributed by atoms with Gasteiger partial charge in [-0.25, -0.2) is 8.42 Å². The van der Waals surface area contributed by atoms with Crippen molar-refractivity contribution in [3.8, 4) is 0 Å². The van der Waals surface area contributed by atoms with Crippen LogP contribution in [0.3, 0.4) is 0 Å². The molecule has 184 valence electrons. The summed E-state index contributed by atoms with van der Waals surface area (Å²) >= 11 is 0. The van der Waals surface area contributed by atoms with Crippen molar-refractivity contribution in [1.29, 1.82) is 0 Å². The number of aryl methyl sites for hydroxylation is 2. The molecule has 8 heteroatoms. The Bertz CT molecular complexity index is 1220. The number of carbonyl (C=O) groups excluding carboxylic acids is 1. The highest BCUT2D eigenvalue weighted by atomic mass is 32.2. The van der Waals surface area contributed by atoms with Crippen molar-refractivity contribution in [2.45, 2.75) is 31.7 Å². The minimum Gasteiger partial charge on any atom is -0.340 e. The molecular formula is C27H32N4O3S. The smallest absolute Gasteiger partial charge is 0.264 e. The number of sulfonamides is 1. The number of benzene rings is 2. The number of aromatic nitrogens is 1. The van der Waals surface area contributed by atoms with E-state index >= 15 is 0 Å². The van der Waals surface area contributed by atoms with Gasteiger partial charge in [0.25, 0.3) is 10.0 Å². The van der Waals surface area contributed by atoms with Crippen LogP contribution in [0.5, 0.6) is 0 Å². The van der Waals surface area contributed by atoms with Crippen LogP contribution in [0, 0.1) is 13.8 Å². The third kappa shape index (κ3) is 6.26. The maximum atomic E-state index is 13.5. The molecule has 1 aliphatic rings. The van der Waals surface area contributed by atoms with E-state index in [1.54, 1.807) is 42.6 Å². The number of hydrogen-bond acceptors (Lipinski definition) is 5. The Balaban J connectivity index is 1.42. The van der Waals surface area contributed by atoms with E-state index in [0.717, 1.165) is 36.5 Å². The van der Waals surface area contributed by atoms with Gasteiger partial charge in [-0.15, -0.1) is 0 Å². The minimum absolute atomic E-state index is 0.0290. The van der Waals surface area contributed by atoms with Gasteiger partial charge in [0.1, 0.15) is 0 Å². The quantitative estimate of drug-likeness (QED) is 0.480. The first-order valence-corrected chi connectivity index (χ1v) is 13.3. The number of amides is 1. The van der Waals surface area contributed by atoms with Crippen LogP contribution in [0.2, 0.25) is 0 Å². The summed E-state index contributed by atoms with van der Waals surface area (Å²) in [4.78, 5) is 21.8. The molecule has 4 rings (SSSR count). The average Bonchev–Trinajstić information content (AvgIpc) is 2.86. The summed E-state index contributed by atoms with van der Waals surface area (Å²) in [5.41, 5.74) is 3.61. The van der Waals surface area contributed by atoms with E-state index in [-0.39, 0.29) is 23.8 Å². The molecule has 0 bridgehead atoms. The topological polar surface area (TPSA) is 73.8 Å². The molecule has 1 fully saturated rings. The zero-order valence-electron chi connectivity index (χ0n) is 20.3. The molecule has 0 aliphatic carbocycles. The molecule has 35 heavy (non-hydrogen) atoms. The number of rotatable bonds is 8. The van der Waals surface area contributed by atoms with Crippen LogP contribution in [-0.2, 0) is 21.4 Å².